The van der Waals surface area contributed by atoms with Crippen molar-refractivity contribution in [3.63, 3.8) is 0 Å². The van der Waals surface area contributed by atoms with E-state index in [2.05, 4.69) is 4.90 Å². The molecule has 1 heterocycles. The standard InChI is InChI=1S/C15H27NO4/c17-10-6-13-3-1-2-9-16(13)11-15(20)7-4-12(5-8-15)14(18)19/h12-13,17,20H,1-11H2,(H,18,19). The van der Waals surface area contributed by atoms with Crippen LogP contribution in [-0.2, 0) is 4.79 Å². The summed E-state index contributed by atoms with van der Waals surface area (Å²) in [4.78, 5) is 13.3. The minimum absolute atomic E-state index is 0.195. The van der Waals surface area contributed by atoms with Gasteiger partial charge in [0.05, 0.1) is 11.5 Å². The van der Waals surface area contributed by atoms with Gasteiger partial charge in [-0.3, -0.25) is 9.69 Å². The molecular formula is C15H27NO4. The third-order valence-electron chi connectivity index (χ3n) is 4.97. The molecule has 2 aliphatic rings. The second kappa shape index (κ2) is 6.87. The number of carboxylic acid groups (broad SMARTS) is 1. The molecule has 0 aromatic rings. The first-order valence-electron chi connectivity index (χ1n) is 7.84. The summed E-state index contributed by atoms with van der Waals surface area (Å²) in [7, 11) is 0. The quantitative estimate of drug-likeness (QED) is 0.708. The van der Waals surface area contributed by atoms with Crippen molar-refractivity contribution in [3.8, 4) is 0 Å². The van der Waals surface area contributed by atoms with Gasteiger partial charge in [0.25, 0.3) is 0 Å². The largest absolute Gasteiger partial charge is 0.481 e. The number of aliphatic hydroxyl groups excluding tert-OH is 1. The molecule has 2 fully saturated rings. The first-order chi connectivity index (χ1) is 9.54. The van der Waals surface area contributed by atoms with Gasteiger partial charge in [-0.2, -0.15) is 0 Å². The molecule has 2 rings (SSSR count). The number of piperidine rings is 1. The topological polar surface area (TPSA) is 81.0 Å². The lowest BCUT2D eigenvalue weighted by Gasteiger charge is -2.43. The molecule has 1 aliphatic heterocycles. The van der Waals surface area contributed by atoms with E-state index in [1.54, 1.807) is 0 Å². The number of likely N-dealkylation sites (tertiary alicyclic amines) is 1. The SMILES string of the molecule is O=C(O)C1CCC(O)(CN2CCCCC2CCO)CC1. The number of rotatable bonds is 5. The highest BCUT2D eigenvalue weighted by Gasteiger charge is 2.38. The molecule has 0 amide bonds. The summed E-state index contributed by atoms with van der Waals surface area (Å²) in [5, 5.41) is 28.9. The van der Waals surface area contributed by atoms with Gasteiger partial charge in [-0.15, -0.1) is 0 Å². The molecule has 5 nitrogen and oxygen atoms in total. The van der Waals surface area contributed by atoms with Crippen LogP contribution in [0.4, 0.5) is 0 Å². The second-order valence-corrected chi connectivity index (χ2v) is 6.47. The van der Waals surface area contributed by atoms with Gasteiger partial charge in [0.15, 0.2) is 0 Å². The number of carbonyl (C=O) groups is 1. The highest BCUT2D eigenvalue weighted by molar-refractivity contribution is 5.70. The minimum Gasteiger partial charge on any atom is -0.481 e. The maximum absolute atomic E-state index is 11.0. The molecule has 116 valence electrons. The van der Waals surface area contributed by atoms with E-state index in [0.29, 0.717) is 38.3 Å². The van der Waals surface area contributed by atoms with Crippen molar-refractivity contribution in [2.45, 2.75) is 63.0 Å². The Morgan fingerprint density at radius 2 is 1.90 bits per heavy atom. The van der Waals surface area contributed by atoms with E-state index < -0.39 is 11.6 Å². The minimum atomic E-state index is -0.739. The van der Waals surface area contributed by atoms with E-state index in [4.69, 9.17) is 10.2 Å². The summed E-state index contributed by atoms with van der Waals surface area (Å²) >= 11 is 0. The zero-order valence-electron chi connectivity index (χ0n) is 12.1. The van der Waals surface area contributed by atoms with E-state index in [-0.39, 0.29) is 12.5 Å². The predicted octanol–water partition coefficient (Wildman–Crippen LogP) is 1.23. The Hall–Kier alpha value is -0.650. The van der Waals surface area contributed by atoms with E-state index in [0.717, 1.165) is 25.8 Å². The fraction of sp³-hybridized carbons (Fsp3) is 0.933. The summed E-state index contributed by atoms with van der Waals surface area (Å²) in [5.41, 5.74) is -0.739. The molecule has 0 bridgehead atoms. The smallest absolute Gasteiger partial charge is 0.306 e. The molecule has 0 spiro atoms. The van der Waals surface area contributed by atoms with Gasteiger partial charge in [0.2, 0.25) is 0 Å². The van der Waals surface area contributed by atoms with Gasteiger partial charge < -0.3 is 15.3 Å². The third kappa shape index (κ3) is 3.93. The first kappa shape index (κ1) is 15.7. The summed E-state index contributed by atoms with van der Waals surface area (Å²) < 4.78 is 0. The molecule has 0 aromatic carbocycles. The van der Waals surface area contributed by atoms with Crippen molar-refractivity contribution in [1.29, 1.82) is 0 Å². The van der Waals surface area contributed by atoms with Gasteiger partial charge in [-0.05, 0) is 51.5 Å². The van der Waals surface area contributed by atoms with Crippen LogP contribution in [0.1, 0.15) is 51.4 Å². The summed E-state index contributed by atoms with van der Waals surface area (Å²) in [6.07, 6.45) is 6.51. The average Bonchev–Trinajstić information content (AvgIpc) is 2.41. The molecule has 1 unspecified atom stereocenters. The fourth-order valence-electron chi connectivity index (χ4n) is 3.68. The van der Waals surface area contributed by atoms with E-state index in [1.165, 1.54) is 6.42 Å². The number of nitrogens with zero attached hydrogens (tertiary/aromatic N) is 1. The van der Waals surface area contributed by atoms with Crippen molar-refractivity contribution in [2.75, 3.05) is 19.7 Å². The third-order valence-corrected chi connectivity index (χ3v) is 4.97. The normalized spacial score (nSPS) is 35.9. The van der Waals surface area contributed by atoms with Gasteiger partial charge >= 0.3 is 5.97 Å². The van der Waals surface area contributed by atoms with Gasteiger partial charge in [0.1, 0.15) is 0 Å². The molecule has 20 heavy (non-hydrogen) atoms. The van der Waals surface area contributed by atoms with Crippen molar-refractivity contribution < 1.29 is 20.1 Å². The van der Waals surface area contributed by atoms with Crippen LogP contribution < -0.4 is 0 Å². The molecule has 1 atom stereocenters. The molecule has 1 saturated heterocycles. The van der Waals surface area contributed by atoms with Crippen LogP contribution in [0.5, 0.6) is 0 Å². The second-order valence-electron chi connectivity index (χ2n) is 6.47. The maximum Gasteiger partial charge on any atom is 0.306 e. The Morgan fingerprint density at radius 3 is 2.50 bits per heavy atom. The highest BCUT2D eigenvalue weighted by atomic mass is 16.4. The Labute approximate surface area is 120 Å². The molecule has 1 aliphatic carbocycles. The van der Waals surface area contributed by atoms with Gasteiger partial charge in [-0.25, -0.2) is 0 Å². The van der Waals surface area contributed by atoms with Crippen LogP contribution in [0.15, 0.2) is 0 Å². The molecule has 0 radical (unpaired) electrons. The van der Waals surface area contributed by atoms with Crippen LogP contribution in [0.3, 0.4) is 0 Å². The van der Waals surface area contributed by atoms with Crippen molar-refractivity contribution >= 4 is 5.97 Å². The molecule has 1 saturated carbocycles. The highest BCUT2D eigenvalue weighted by Crippen LogP contribution is 2.34. The zero-order valence-corrected chi connectivity index (χ0v) is 12.1. The van der Waals surface area contributed by atoms with Crippen LogP contribution in [0, 0.1) is 5.92 Å². The van der Waals surface area contributed by atoms with Gasteiger partial charge in [0, 0.05) is 19.2 Å². The Bertz CT molecular complexity index is 324. The predicted molar refractivity (Wildman–Crippen MR) is 75.5 cm³/mol. The molecule has 5 heteroatoms. The zero-order chi connectivity index (χ0) is 14.6. The number of carboxylic acids is 1. The van der Waals surface area contributed by atoms with Crippen LogP contribution >= 0.6 is 0 Å². The number of β-amino-alcohol motifs (C(OH)–C–C–N with tert-alkyl or cyclic N) is 1. The summed E-state index contributed by atoms with van der Waals surface area (Å²) in [5.74, 6) is -1.02. The number of hydrogen-bond donors (Lipinski definition) is 3. The van der Waals surface area contributed by atoms with E-state index in [1.807, 2.05) is 0 Å². The number of aliphatic hydroxyl groups is 2. The number of hydrogen-bond acceptors (Lipinski definition) is 4. The molecular weight excluding hydrogens is 258 g/mol. The summed E-state index contributed by atoms with van der Waals surface area (Å²) in [6, 6.07) is 0.370. The Morgan fingerprint density at radius 1 is 1.20 bits per heavy atom. The Kier molecular flexibility index (Phi) is 5.41. The average molecular weight is 285 g/mol. The van der Waals surface area contributed by atoms with E-state index in [9.17, 15) is 9.90 Å². The van der Waals surface area contributed by atoms with E-state index >= 15 is 0 Å². The first-order valence-corrected chi connectivity index (χ1v) is 7.84. The molecule has 0 aromatic heterocycles. The summed E-state index contributed by atoms with van der Waals surface area (Å²) in [6.45, 7) is 1.81. The Balaban J connectivity index is 1.89. The van der Waals surface area contributed by atoms with Crippen LogP contribution in [0.25, 0.3) is 0 Å². The van der Waals surface area contributed by atoms with Crippen LogP contribution in [0.2, 0.25) is 0 Å². The van der Waals surface area contributed by atoms with Crippen LogP contribution in [-0.4, -0.2) is 57.5 Å². The number of aliphatic carboxylic acids is 1. The van der Waals surface area contributed by atoms with Gasteiger partial charge in [-0.1, -0.05) is 6.42 Å². The maximum atomic E-state index is 11.0. The van der Waals surface area contributed by atoms with Crippen molar-refractivity contribution in [2.24, 2.45) is 5.92 Å². The van der Waals surface area contributed by atoms with Crippen molar-refractivity contribution in [1.82, 2.24) is 4.90 Å². The lowest BCUT2D eigenvalue weighted by atomic mass is 9.78. The fourth-order valence-corrected chi connectivity index (χ4v) is 3.68. The monoisotopic (exact) mass is 285 g/mol. The lowest BCUT2D eigenvalue weighted by Crippen LogP contribution is -2.51. The lowest BCUT2D eigenvalue weighted by molar-refractivity contribution is -0.145. The molecule has 3 N–H and O–H groups in total. The van der Waals surface area contributed by atoms with Crippen molar-refractivity contribution in [3.05, 3.63) is 0 Å².